The van der Waals surface area contributed by atoms with Gasteiger partial charge in [-0.3, -0.25) is 9.10 Å². The number of anilines is 1. The zero-order valence-corrected chi connectivity index (χ0v) is 17.3. The lowest BCUT2D eigenvalue weighted by atomic mass is 10.1. The van der Waals surface area contributed by atoms with Crippen molar-refractivity contribution >= 4 is 33.8 Å². The highest BCUT2D eigenvalue weighted by Crippen LogP contribution is 2.18. The molecule has 2 aromatic rings. The number of carbonyl (C=O) groups is 2. The molecule has 2 aromatic carbocycles. The molecule has 0 aliphatic carbocycles. The van der Waals surface area contributed by atoms with Crippen LogP contribution in [-0.4, -0.2) is 46.4 Å². The molecule has 0 fully saturated rings. The lowest BCUT2D eigenvalue weighted by molar-refractivity contribution is -0.119. The van der Waals surface area contributed by atoms with Crippen molar-refractivity contribution in [2.24, 2.45) is 5.10 Å². The lowest BCUT2D eigenvalue weighted by Crippen LogP contribution is -2.39. The van der Waals surface area contributed by atoms with Crippen molar-refractivity contribution in [1.29, 1.82) is 0 Å². The molecule has 0 heterocycles. The van der Waals surface area contributed by atoms with Gasteiger partial charge in [-0.15, -0.1) is 0 Å². The Kier molecular flexibility index (Phi) is 7.49. The number of methoxy groups -OCH3 is 1. The first-order valence-electron chi connectivity index (χ1n) is 8.81. The van der Waals surface area contributed by atoms with E-state index in [1.165, 1.54) is 13.3 Å². The van der Waals surface area contributed by atoms with Gasteiger partial charge in [-0.25, -0.2) is 18.6 Å². The number of hydrogen-bond donors (Lipinski definition) is 1. The summed E-state index contributed by atoms with van der Waals surface area (Å²) in [6, 6.07) is 13.4. The third-order valence-corrected chi connectivity index (χ3v) is 5.20. The number of ether oxygens (including phenoxy) is 1. The van der Waals surface area contributed by atoms with Gasteiger partial charge in [0.1, 0.15) is 6.54 Å². The summed E-state index contributed by atoms with van der Waals surface area (Å²) in [6.45, 7) is 1.60. The zero-order valence-electron chi connectivity index (χ0n) is 16.5. The summed E-state index contributed by atoms with van der Waals surface area (Å²) < 4.78 is 29.8. The fraction of sp³-hybridized carbons (Fsp3) is 0.250. The van der Waals surface area contributed by atoms with E-state index >= 15 is 0 Å². The van der Waals surface area contributed by atoms with Crippen molar-refractivity contribution in [2.75, 3.05) is 24.2 Å². The molecule has 29 heavy (non-hydrogen) atoms. The monoisotopic (exact) mass is 417 g/mol. The van der Waals surface area contributed by atoms with Crippen LogP contribution in [-0.2, 0) is 26.0 Å². The average molecular weight is 417 g/mol. The third-order valence-electron chi connectivity index (χ3n) is 4.05. The number of aryl methyl sites for hydroxylation is 1. The average Bonchev–Trinajstić information content (AvgIpc) is 2.71. The summed E-state index contributed by atoms with van der Waals surface area (Å²) in [4.78, 5) is 23.6. The molecule has 0 bridgehead atoms. The van der Waals surface area contributed by atoms with Crippen LogP contribution in [0.1, 0.15) is 28.4 Å². The molecule has 8 nitrogen and oxygen atoms in total. The topological polar surface area (TPSA) is 105 Å². The summed E-state index contributed by atoms with van der Waals surface area (Å²) in [7, 11) is -2.35. The standard InChI is InChI=1S/C20H23N3O5S/c1-4-15-7-11-18(12-8-15)23(29(3,26)27)14-19(24)22-21-13-16-5-9-17(10-6-16)20(25)28-2/h5-13H,4,14H2,1-3H3,(H,22,24)/b21-13-. The highest BCUT2D eigenvalue weighted by molar-refractivity contribution is 7.92. The largest absolute Gasteiger partial charge is 0.465 e. The molecule has 1 N–H and O–H groups in total. The molecule has 0 aliphatic rings. The first-order chi connectivity index (χ1) is 13.7. The number of rotatable bonds is 8. The fourth-order valence-electron chi connectivity index (χ4n) is 2.47. The van der Waals surface area contributed by atoms with Gasteiger partial charge in [-0.2, -0.15) is 5.10 Å². The maximum atomic E-state index is 12.2. The van der Waals surface area contributed by atoms with Crippen molar-refractivity contribution in [2.45, 2.75) is 13.3 Å². The van der Waals surface area contributed by atoms with Crippen LogP contribution >= 0.6 is 0 Å². The third kappa shape index (κ3) is 6.42. The summed E-state index contributed by atoms with van der Waals surface area (Å²) in [6.07, 6.45) is 3.26. The second-order valence-electron chi connectivity index (χ2n) is 6.20. The molecule has 0 aromatic heterocycles. The van der Waals surface area contributed by atoms with Gasteiger partial charge in [-0.1, -0.05) is 31.2 Å². The van der Waals surface area contributed by atoms with Gasteiger partial charge in [0, 0.05) is 0 Å². The number of nitrogens with zero attached hydrogens (tertiary/aromatic N) is 2. The molecule has 1 amide bonds. The number of amides is 1. The lowest BCUT2D eigenvalue weighted by Gasteiger charge is -2.21. The first kappa shape index (κ1) is 22.1. The second-order valence-corrected chi connectivity index (χ2v) is 8.10. The number of benzene rings is 2. The van der Waals surface area contributed by atoms with E-state index in [1.54, 1.807) is 36.4 Å². The summed E-state index contributed by atoms with van der Waals surface area (Å²) in [5, 5.41) is 3.83. The molecule has 0 aliphatic heterocycles. The van der Waals surface area contributed by atoms with Crippen LogP contribution in [0.25, 0.3) is 0 Å². The van der Waals surface area contributed by atoms with Crippen molar-refractivity contribution in [3.05, 3.63) is 65.2 Å². The minimum absolute atomic E-state index is 0.395. The Morgan fingerprint density at radius 1 is 1.10 bits per heavy atom. The van der Waals surface area contributed by atoms with Crippen LogP contribution in [0, 0.1) is 0 Å². The Bertz CT molecular complexity index is 984. The predicted octanol–water partition coefficient (Wildman–Crippen LogP) is 1.95. The predicted molar refractivity (Wildman–Crippen MR) is 112 cm³/mol. The minimum Gasteiger partial charge on any atom is -0.465 e. The van der Waals surface area contributed by atoms with E-state index in [9.17, 15) is 18.0 Å². The zero-order chi connectivity index (χ0) is 21.4. The minimum atomic E-state index is -3.65. The Balaban J connectivity index is 2.02. The molecule has 9 heteroatoms. The van der Waals surface area contributed by atoms with Crippen LogP contribution in [0.2, 0.25) is 0 Å². The maximum absolute atomic E-state index is 12.2. The second kappa shape index (κ2) is 9.83. The van der Waals surface area contributed by atoms with Gasteiger partial charge in [-0.05, 0) is 41.8 Å². The Morgan fingerprint density at radius 3 is 2.24 bits per heavy atom. The van der Waals surface area contributed by atoms with Gasteiger partial charge in [0.05, 0.1) is 30.8 Å². The Labute approximate surface area is 170 Å². The van der Waals surface area contributed by atoms with Gasteiger partial charge in [0.25, 0.3) is 5.91 Å². The first-order valence-corrected chi connectivity index (χ1v) is 10.7. The number of nitrogens with one attached hydrogen (secondary N) is 1. The van der Waals surface area contributed by atoms with Crippen LogP contribution < -0.4 is 9.73 Å². The van der Waals surface area contributed by atoms with Gasteiger partial charge in [0.15, 0.2) is 0 Å². The highest BCUT2D eigenvalue weighted by Gasteiger charge is 2.20. The molecular weight excluding hydrogens is 394 g/mol. The van der Waals surface area contributed by atoms with Crippen LogP contribution in [0.3, 0.4) is 0 Å². The molecule has 0 unspecified atom stereocenters. The van der Waals surface area contributed by atoms with E-state index < -0.39 is 28.4 Å². The molecule has 0 atom stereocenters. The highest BCUT2D eigenvalue weighted by atomic mass is 32.2. The van der Waals surface area contributed by atoms with E-state index in [1.807, 2.05) is 19.1 Å². The Morgan fingerprint density at radius 2 is 1.72 bits per heavy atom. The number of sulfonamides is 1. The molecule has 0 spiro atoms. The number of esters is 1. The van der Waals surface area contributed by atoms with Crippen LogP contribution in [0.15, 0.2) is 53.6 Å². The number of carbonyl (C=O) groups excluding carboxylic acids is 2. The van der Waals surface area contributed by atoms with Crippen LogP contribution in [0.5, 0.6) is 0 Å². The van der Waals surface area contributed by atoms with E-state index in [2.05, 4.69) is 15.3 Å². The van der Waals surface area contributed by atoms with Gasteiger partial charge < -0.3 is 4.74 Å². The molecule has 0 saturated carbocycles. The van der Waals surface area contributed by atoms with Crippen molar-refractivity contribution < 1.29 is 22.7 Å². The van der Waals surface area contributed by atoms with Crippen molar-refractivity contribution in [3.63, 3.8) is 0 Å². The maximum Gasteiger partial charge on any atom is 0.337 e. The molecule has 0 saturated heterocycles. The summed E-state index contributed by atoms with van der Waals surface area (Å²) >= 11 is 0. The summed E-state index contributed by atoms with van der Waals surface area (Å²) in [5.74, 6) is -1.04. The van der Waals surface area contributed by atoms with E-state index in [0.29, 0.717) is 16.8 Å². The summed E-state index contributed by atoms with van der Waals surface area (Å²) in [5.41, 5.74) is 4.82. The van der Waals surface area contributed by atoms with E-state index in [4.69, 9.17) is 0 Å². The van der Waals surface area contributed by atoms with Gasteiger partial charge in [0.2, 0.25) is 10.0 Å². The van der Waals surface area contributed by atoms with Gasteiger partial charge >= 0.3 is 5.97 Å². The quantitative estimate of drug-likeness (QED) is 0.402. The normalized spacial score (nSPS) is 11.3. The van der Waals surface area contributed by atoms with Crippen molar-refractivity contribution in [1.82, 2.24) is 5.43 Å². The fourth-order valence-corrected chi connectivity index (χ4v) is 3.32. The number of hydrogen-bond acceptors (Lipinski definition) is 6. The number of hydrazone groups is 1. The molecular formula is C20H23N3O5S. The van der Waals surface area contributed by atoms with Crippen LogP contribution in [0.4, 0.5) is 5.69 Å². The van der Waals surface area contributed by atoms with E-state index in [0.717, 1.165) is 22.5 Å². The SMILES string of the molecule is CCc1ccc(N(CC(=O)N/N=C\c2ccc(C(=O)OC)cc2)S(C)(=O)=O)cc1. The van der Waals surface area contributed by atoms with Crippen molar-refractivity contribution in [3.8, 4) is 0 Å². The smallest absolute Gasteiger partial charge is 0.337 e. The molecule has 154 valence electrons. The molecule has 2 rings (SSSR count). The Hall–Kier alpha value is -3.20. The van der Waals surface area contributed by atoms with E-state index in [-0.39, 0.29) is 0 Å². The molecule has 0 radical (unpaired) electrons.